The van der Waals surface area contributed by atoms with Gasteiger partial charge in [0.25, 0.3) is 0 Å². The molecular formula is C24H40IN3O5. The molecule has 188 valence electrons. The van der Waals surface area contributed by atoms with Gasteiger partial charge in [0, 0.05) is 38.9 Å². The average molecular weight is 578 g/mol. The van der Waals surface area contributed by atoms with Crippen LogP contribution in [0.3, 0.4) is 0 Å². The van der Waals surface area contributed by atoms with Crippen molar-refractivity contribution in [3.63, 3.8) is 0 Å². The van der Waals surface area contributed by atoms with Crippen LogP contribution >= 0.6 is 24.0 Å². The topological polar surface area (TPSA) is 73.8 Å². The molecule has 3 rings (SSSR count). The van der Waals surface area contributed by atoms with Crippen molar-refractivity contribution in [3.05, 3.63) is 17.7 Å². The Morgan fingerprint density at radius 1 is 1.06 bits per heavy atom. The fourth-order valence-electron chi connectivity index (χ4n) is 4.42. The standard InChI is InChI=1S/C24H39N3O5.HI/c1-25-24(26-13-10-18-8-9-21(28-2)23(30-4)22(18)29-3)27-14-11-19(12-15-27)32-17-20-7-5-6-16-31-20;/h8-9,19-20H,5-7,10-17H2,1-4H3,(H,25,26);1H. The molecule has 0 aromatic heterocycles. The Morgan fingerprint density at radius 3 is 2.42 bits per heavy atom. The van der Waals surface area contributed by atoms with Gasteiger partial charge in [-0.1, -0.05) is 6.07 Å². The largest absolute Gasteiger partial charge is 0.493 e. The van der Waals surface area contributed by atoms with E-state index in [1.807, 2.05) is 19.2 Å². The highest BCUT2D eigenvalue weighted by atomic mass is 127. The number of benzene rings is 1. The molecule has 0 aliphatic carbocycles. The molecule has 1 aromatic carbocycles. The van der Waals surface area contributed by atoms with E-state index in [0.717, 1.165) is 70.1 Å². The summed E-state index contributed by atoms with van der Waals surface area (Å²) in [4.78, 5) is 6.79. The molecule has 2 saturated heterocycles. The van der Waals surface area contributed by atoms with Crippen LogP contribution in [0.1, 0.15) is 37.7 Å². The lowest BCUT2D eigenvalue weighted by Crippen LogP contribution is -2.47. The maximum Gasteiger partial charge on any atom is 0.203 e. The van der Waals surface area contributed by atoms with E-state index in [1.54, 1.807) is 21.3 Å². The van der Waals surface area contributed by atoms with Crippen molar-refractivity contribution in [2.24, 2.45) is 4.99 Å². The summed E-state index contributed by atoms with van der Waals surface area (Å²) in [5, 5.41) is 3.49. The van der Waals surface area contributed by atoms with E-state index in [9.17, 15) is 0 Å². The highest BCUT2D eigenvalue weighted by molar-refractivity contribution is 14.0. The lowest BCUT2D eigenvalue weighted by molar-refractivity contribution is -0.0721. The van der Waals surface area contributed by atoms with Crippen molar-refractivity contribution in [1.82, 2.24) is 10.2 Å². The number of rotatable bonds is 9. The third-order valence-electron chi connectivity index (χ3n) is 6.21. The Kier molecular flexibility index (Phi) is 12.4. The Hall–Kier alpha value is -1.46. The number of hydrogen-bond acceptors (Lipinski definition) is 6. The number of methoxy groups -OCH3 is 3. The summed E-state index contributed by atoms with van der Waals surface area (Å²) < 4.78 is 28.4. The van der Waals surface area contributed by atoms with Crippen LogP contribution in [-0.2, 0) is 15.9 Å². The molecule has 1 unspecified atom stereocenters. The van der Waals surface area contributed by atoms with Crippen LogP contribution in [0.15, 0.2) is 17.1 Å². The van der Waals surface area contributed by atoms with E-state index >= 15 is 0 Å². The molecule has 0 saturated carbocycles. The second-order valence-electron chi connectivity index (χ2n) is 8.23. The minimum absolute atomic E-state index is 0. The number of guanidine groups is 1. The van der Waals surface area contributed by atoms with Crippen molar-refractivity contribution in [2.45, 2.75) is 50.7 Å². The number of nitrogens with zero attached hydrogens (tertiary/aromatic N) is 2. The van der Waals surface area contributed by atoms with Crippen LogP contribution < -0.4 is 19.5 Å². The minimum atomic E-state index is 0. The smallest absolute Gasteiger partial charge is 0.203 e. The summed E-state index contributed by atoms with van der Waals surface area (Å²) in [5.41, 5.74) is 1.06. The first-order valence-corrected chi connectivity index (χ1v) is 11.7. The zero-order valence-electron chi connectivity index (χ0n) is 20.4. The van der Waals surface area contributed by atoms with Crippen LogP contribution in [0.4, 0.5) is 0 Å². The molecule has 0 spiro atoms. The zero-order chi connectivity index (χ0) is 22.8. The molecule has 2 fully saturated rings. The fourth-order valence-corrected chi connectivity index (χ4v) is 4.42. The quantitative estimate of drug-likeness (QED) is 0.274. The van der Waals surface area contributed by atoms with Crippen LogP contribution in [-0.4, -0.2) is 84.3 Å². The van der Waals surface area contributed by atoms with Crippen molar-refractivity contribution in [1.29, 1.82) is 0 Å². The first-order valence-electron chi connectivity index (χ1n) is 11.7. The number of aliphatic imine (C=N–C) groups is 1. The Morgan fingerprint density at radius 2 is 1.82 bits per heavy atom. The number of likely N-dealkylation sites (tertiary alicyclic amines) is 1. The molecule has 2 aliphatic rings. The molecule has 0 bridgehead atoms. The number of ether oxygens (including phenoxy) is 5. The molecule has 1 aromatic rings. The normalized spacial score (nSPS) is 19.6. The van der Waals surface area contributed by atoms with E-state index < -0.39 is 0 Å². The lowest BCUT2D eigenvalue weighted by Gasteiger charge is -2.35. The second kappa shape index (κ2) is 14.7. The third kappa shape index (κ3) is 7.78. The van der Waals surface area contributed by atoms with Gasteiger partial charge in [-0.05, 0) is 44.6 Å². The monoisotopic (exact) mass is 577 g/mol. The van der Waals surface area contributed by atoms with Gasteiger partial charge < -0.3 is 33.9 Å². The van der Waals surface area contributed by atoms with Crippen molar-refractivity contribution >= 4 is 29.9 Å². The molecule has 33 heavy (non-hydrogen) atoms. The predicted octanol–water partition coefficient (Wildman–Crippen LogP) is 3.50. The number of halogens is 1. The van der Waals surface area contributed by atoms with Gasteiger partial charge in [-0.15, -0.1) is 24.0 Å². The van der Waals surface area contributed by atoms with Gasteiger partial charge in [0.05, 0.1) is 40.1 Å². The van der Waals surface area contributed by atoms with Crippen LogP contribution in [0.25, 0.3) is 0 Å². The summed E-state index contributed by atoms with van der Waals surface area (Å²) in [6.07, 6.45) is 6.96. The van der Waals surface area contributed by atoms with Crippen molar-refractivity contribution in [3.8, 4) is 17.2 Å². The summed E-state index contributed by atoms with van der Waals surface area (Å²) in [5.74, 6) is 2.93. The SMILES string of the molecule is CN=C(NCCc1ccc(OC)c(OC)c1OC)N1CCC(OCC2CCCCO2)CC1.I. The summed E-state index contributed by atoms with van der Waals surface area (Å²) in [6.45, 7) is 4.23. The summed E-state index contributed by atoms with van der Waals surface area (Å²) in [6, 6.07) is 3.93. The van der Waals surface area contributed by atoms with Gasteiger partial charge in [0.15, 0.2) is 17.5 Å². The Bertz CT molecular complexity index is 735. The average Bonchev–Trinajstić information content (AvgIpc) is 2.85. The molecule has 0 amide bonds. The van der Waals surface area contributed by atoms with Crippen molar-refractivity contribution < 1.29 is 23.7 Å². The molecule has 2 heterocycles. The molecule has 2 aliphatic heterocycles. The fraction of sp³-hybridized carbons (Fsp3) is 0.708. The van der Waals surface area contributed by atoms with Gasteiger partial charge >= 0.3 is 0 Å². The molecule has 8 nitrogen and oxygen atoms in total. The van der Waals surface area contributed by atoms with Gasteiger partial charge in [0.2, 0.25) is 5.75 Å². The Balaban J connectivity index is 0.00000385. The van der Waals surface area contributed by atoms with E-state index in [4.69, 9.17) is 23.7 Å². The molecule has 9 heteroatoms. The van der Waals surface area contributed by atoms with Crippen LogP contribution in [0, 0.1) is 0 Å². The minimum Gasteiger partial charge on any atom is -0.493 e. The highest BCUT2D eigenvalue weighted by Gasteiger charge is 2.24. The van der Waals surface area contributed by atoms with E-state index in [0.29, 0.717) is 23.4 Å². The molecule has 1 atom stereocenters. The van der Waals surface area contributed by atoms with E-state index in [2.05, 4.69) is 15.2 Å². The maximum atomic E-state index is 6.14. The summed E-state index contributed by atoms with van der Waals surface area (Å²) in [7, 11) is 6.74. The predicted molar refractivity (Wildman–Crippen MR) is 141 cm³/mol. The van der Waals surface area contributed by atoms with Crippen LogP contribution in [0.5, 0.6) is 17.2 Å². The highest BCUT2D eigenvalue weighted by Crippen LogP contribution is 2.39. The van der Waals surface area contributed by atoms with E-state index in [-0.39, 0.29) is 30.1 Å². The van der Waals surface area contributed by atoms with Crippen molar-refractivity contribution in [2.75, 3.05) is 61.2 Å². The first-order chi connectivity index (χ1) is 15.7. The first kappa shape index (κ1) is 27.8. The third-order valence-corrected chi connectivity index (χ3v) is 6.21. The van der Waals surface area contributed by atoms with Gasteiger partial charge in [-0.25, -0.2) is 0 Å². The Labute approximate surface area is 215 Å². The zero-order valence-corrected chi connectivity index (χ0v) is 22.8. The van der Waals surface area contributed by atoms with Crippen LogP contribution in [0.2, 0.25) is 0 Å². The molecular weight excluding hydrogens is 537 g/mol. The number of hydrogen-bond donors (Lipinski definition) is 1. The number of nitrogens with one attached hydrogen (secondary N) is 1. The molecule has 0 radical (unpaired) electrons. The van der Waals surface area contributed by atoms with Gasteiger partial charge in [-0.2, -0.15) is 0 Å². The van der Waals surface area contributed by atoms with E-state index in [1.165, 1.54) is 12.8 Å². The summed E-state index contributed by atoms with van der Waals surface area (Å²) >= 11 is 0. The second-order valence-corrected chi connectivity index (χ2v) is 8.23. The van der Waals surface area contributed by atoms with Gasteiger partial charge in [0.1, 0.15) is 0 Å². The van der Waals surface area contributed by atoms with Gasteiger partial charge in [-0.3, -0.25) is 4.99 Å². The lowest BCUT2D eigenvalue weighted by atomic mass is 10.1. The number of piperidine rings is 1. The molecule has 1 N–H and O–H groups in total. The maximum absolute atomic E-state index is 6.14.